The molecule has 130 valence electrons. The number of nitrogens with zero attached hydrogens (tertiary/aromatic N) is 5. The number of carbonyl (C=O) groups is 1. The van der Waals surface area contributed by atoms with Crippen LogP contribution >= 0.6 is 0 Å². The van der Waals surface area contributed by atoms with Crippen molar-refractivity contribution >= 4 is 11.9 Å². The van der Waals surface area contributed by atoms with E-state index >= 15 is 0 Å². The summed E-state index contributed by atoms with van der Waals surface area (Å²) in [5.41, 5.74) is 0.0861. The van der Waals surface area contributed by atoms with Crippen molar-refractivity contribution < 1.29 is 13.9 Å². The Hall–Kier alpha value is -2.77. The second kappa shape index (κ2) is 6.27. The van der Waals surface area contributed by atoms with Gasteiger partial charge in [0.1, 0.15) is 0 Å². The van der Waals surface area contributed by atoms with Crippen molar-refractivity contribution in [1.82, 2.24) is 19.9 Å². The first-order valence-corrected chi connectivity index (χ1v) is 8.16. The normalized spacial score (nSPS) is 22.2. The number of fused-ring (bicyclic) bond motifs is 1. The fraction of sp³-hybridized carbons (Fsp3) is 0.412. The zero-order valence-electron chi connectivity index (χ0n) is 13.8. The molecular formula is C17H18FN5O2. The predicted molar refractivity (Wildman–Crippen MR) is 87.9 cm³/mol. The van der Waals surface area contributed by atoms with Crippen molar-refractivity contribution in [2.75, 3.05) is 38.2 Å². The van der Waals surface area contributed by atoms with Gasteiger partial charge in [0.2, 0.25) is 11.8 Å². The highest BCUT2D eigenvalue weighted by Crippen LogP contribution is 2.33. The molecule has 2 aromatic heterocycles. The van der Waals surface area contributed by atoms with E-state index in [0.717, 1.165) is 19.3 Å². The van der Waals surface area contributed by atoms with Gasteiger partial charge in [0.25, 0.3) is 5.91 Å². The lowest BCUT2D eigenvalue weighted by Crippen LogP contribution is -2.34. The summed E-state index contributed by atoms with van der Waals surface area (Å²) in [5, 5.41) is 0. The minimum absolute atomic E-state index is 0.0861. The largest absolute Gasteiger partial charge is 0.481 e. The molecular weight excluding hydrogens is 325 g/mol. The van der Waals surface area contributed by atoms with E-state index in [0.29, 0.717) is 36.8 Å². The molecule has 1 amide bonds. The van der Waals surface area contributed by atoms with Crippen LogP contribution in [0.5, 0.6) is 5.88 Å². The van der Waals surface area contributed by atoms with E-state index in [1.165, 1.54) is 12.3 Å². The van der Waals surface area contributed by atoms with Gasteiger partial charge in [0.15, 0.2) is 5.82 Å². The molecule has 0 aromatic carbocycles. The Labute approximate surface area is 144 Å². The van der Waals surface area contributed by atoms with Crippen LogP contribution in [0.3, 0.4) is 0 Å². The molecule has 2 saturated heterocycles. The van der Waals surface area contributed by atoms with Gasteiger partial charge in [0.05, 0.1) is 18.9 Å². The smallest absolute Gasteiger partial charge is 0.256 e. The zero-order valence-corrected chi connectivity index (χ0v) is 13.8. The lowest BCUT2D eigenvalue weighted by Gasteiger charge is -2.22. The molecule has 25 heavy (non-hydrogen) atoms. The minimum Gasteiger partial charge on any atom is -0.481 e. The maximum absolute atomic E-state index is 13.8. The number of likely N-dealkylation sites (tertiary alicyclic amines) is 1. The third-order valence-corrected chi connectivity index (χ3v) is 4.89. The fourth-order valence-corrected chi connectivity index (χ4v) is 3.64. The molecule has 0 bridgehead atoms. The average Bonchev–Trinajstić information content (AvgIpc) is 3.21. The Morgan fingerprint density at radius 2 is 1.96 bits per heavy atom. The molecule has 2 fully saturated rings. The maximum atomic E-state index is 13.8. The minimum atomic E-state index is -0.573. The van der Waals surface area contributed by atoms with Crippen LogP contribution in [0.1, 0.15) is 10.4 Å². The van der Waals surface area contributed by atoms with Gasteiger partial charge in [-0.05, 0) is 6.07 Å². The summed E-state index contributed by atoms with van der Waals surface area (Å²) in [6.45, 7) is 2.79. The van der Waals surface area contributed by atoms with Crippen LogP contribution in [0, 0.1) is 17.7 Å². The predicted octanol–water partition coefficient (Wildman–Crippen LogP) is 1.23. The van der Waals surface area contributed by atoms with Crippen LogP contribution < -0.4 is 9.64 Å². The van der Waals surface area contributed by atoms with E-state index < -0.39 is 5.82 Å². The highest BCUT2D eigenvalue weighted by molar-refractivity contribution is 5.94. The highest BCUT2D eigenvalue weighted by atomic mass is 19.1. The molecule has 2 aliphatic heterocycles. The number of aromatic nitrogens is 3. The molecule has 2 aliphatic rings. The average molecular weight is 343 g/mol. The molecule has 0 N–H and O–H groups in total. The molecule has 4 rings (SSSR count). The molecule has 0 spiro atoms. The number of amides is 1. The SMILES string of the molecule is COc1ccnc(N2CC3CN(C(=O)c4ccncc4F)CC3C2)n1. The highest BCUT2D eigenvalue weighted by Gasteiger charge is 2.42. The number of carbonyl (C=O) groups excluding carboxylic acids is 1. The molecule has 2 atom stereocenters. The summed E-state index contributed by atoms with van der Waals surface area (Å²) in [6, 6.07) is 3.15. The summed E-state index contributed by atoms with van der Waals surface area (Å²) < 4.78 is 18.9. The molecule has 4 heterocycles. The van der Waals surface area contributed by atoms with Gasteiger partial charge < -0.3 is 14.5 Å². The molecule has 0 radical (unpaired) electrons. The lowest BCUT2D eigenvalue weighted by molar-refractivity contribution is 0.0777. The summed E-state index contributed by atoms with van der Waals surface area (Å²) in [4.78, 5) is 28.8. The Kier molecular flexibility index (Phi) is 3.95. The first kappa shape index (κ1) is 15.7. The second-order valence-corrected chi connectivity index (χ2v) is 6.39. The number of methoxy groups -OCH3 is 1. The van der Waals surface area contributed by atoms with Crippen LogP contribution in [0.15, 0.2) is 30.7 Å². The van der Waals surface area contributed by atoms with Gasteiger partial charge in [-0.25, -0.2) is 9.37 Å². The van der Waals surface area contributed by atoms with Gasteiger partial charge in [0, 0.05) is 56.5 Å². The first-order valence-electron chi connectivity index (χ1n) is 8.16. The molecule has 2 unspecified atom stereocenters. The van der Waals surface area contributed by atoms with Crippen LogP contribution in [0.25, 0.3) is 0 Å². The maximum Gasteiger partial charge on any atom is 0.256 e. The van der Waals surface area contributed by atoms with Crippen molar-refractivity contribution in [2.45, 2.75) is 0 Å². The van der Waals surface area contributed by atoms with E-state index in [-0.39, 0.29) is 11.5 Å². The number of hydrogen-bond acceptors (Lipinski definition) is 6. The van der Waals surface area contributed by atoms with Crippen LogP contribution in [-0.2, 0) is 0 Å². The zero-order chi connectivity index (χ0) is 17.4. The van der Waals surface area contributed by atoms with E-state index in [1.54, 1.807) is 24.3 Å². The monoisotopic (exact) mass is 343 g/mol. The van der Waals surface area contributed by atoms with Crippen molar-refractivity contribution in [3.05, 3.63) is 42.1 Å². The number of anilines is 1. The van der Waals surface area contributed by atoms with Crippen LogP contribution in [0.4, 0.5) is 10.3 Å². The Balaban J connectivity index is 1.44. The third-order valence-electron chi connectivity index (χ3n) is 4.89. The second-order valence-electron chi connectivity index (χ2n) is 6.39. The summed E-state index contributed by atoms with van der Waals surface area (Å²) >= 11 is 0. The van der Waals surface area contributed by atoms with Gasteiger partial charge >= 0.3 is 0 Å². The van der Waals surface area contributed by atoms with Crippen molar-refractivity contribution in [3.8, 4) is 5.88 Å². The topological polar surface area (TPSA) is 71.5 Å². The summed E-state index contributed by atoms with van der Waals surface area (Å²) in [5.74, 6) is 1.01. The lowest BCUT2D eigenvalue weighted by atomic mass is 10.0. The van der Waals surface area contributed by atoms with Gasteiger partial charge in [-0.3, -0.25) is 9.78 Å². The van der Waals surface area contributed by atoms with Gasteiger partial charge in [-0.2, -0.15) is 4.98 Å². The number of ether oxygens (including phenoxy) is 1. The van der Waals surface area contributed by atoms with Gasteiger partial charge in [-0.15, -0.1) is 0 Å². The summed E-state index contributed by atoms with van der Waals surface area (Å²) in [6.07, 6.45) is 4.19. The quantitative estimate of drug-likeness (QED) is 0.835. The van der Waals surface area contributed by atoms with Crippen molar-refractivity contribution in [3.63, 3.8) is 0 Å². The van der Waals surface area contributed by atoms with Gasteiger partial charge in [-0.1, -0.05) is 0 Å². The molecule has 8 heteroatoms. The standard InChI is InChI=1S/C17H18FN5O2/c1-25-15-3-5-20-17(21-15)23-9-11-7-22(8-12(11)10-23)16(24)13-2-4-19-6-14(13)18/h2-6,11-12H,7-10H2,1H3. The molecule has 2 aromatic rings. The van der Waals surface area contributed by atoms with Crippen molar-refractivity contribution in [1.29, 1.82) is 0 Å². The van der Waals surface area contributed by atoms with E-state index in [1.807, 2.05) is 0 Å². The van der Waals surface area contributed by atoms with E-state index in [2.05, 4.69) is 19.9 Å². The Morgan fingerprint density at radius 3 is 2.64 bits per heavy atom. The van der Waals surface area contributed by atoms with Crippen LogP contribution in [0.2, 0.25) is 0 Å². The number of halogens is 1. The Bertz CT molecular complexity index is 788. The van der Waals surface area contributed by atoms with E-state index in [9.17, 15) is 9.18 Å². The van der Waals surface area contributed by atoms with Crippen LogP contribution in [-0.4, -0.2) is 59.0 Å². The Morgan fingerprint density at radius 1 is 1.20 bits per heavy atom. The van der Waals surface area contributed by atoms with Crippen molar-refractivity contribution in [2.24, 2.45) is 11.8 Å². The summed E-state index contributed by atoms with van der Waals surface area (Å²) in [7, 11) is 1.58. The molecule has 0 saturated carbocycles. The number of rotatable bonds is 3. The molecule has 0 aliphatic carbocycles. The fourth-order valence-electron chi connectivity index (χ4n) is 3.64. The third kappa shape index (κ3) is 2.88. The van der Waals surface area contributed by atoms with E-state index in [4.69, 9.17) is 4.74 Å². The molecule has 7 nitrogen and oxygen atoms in total. The first-order chi connectivity index (χ1) is 12.2. The number of pyridine rings is 1. The number of hydrogen-bond donors (Lipinski definition) is 0.